The van der Waals surface area contributed by atoms with Crippen molar-refractivity contribution in [1.82, 2.24) is 20.1 Å². The Morgan fingerprint density at radius 2 is 1.68 bits per heavy atom. The molecule has 3 heterocycles. The van der Waals surface area contributed by atoms with E-state index in [2.05, 4.69) is 20.1 Å². The van der Waals surface area contributed by atoms with Crippen LogP contribution in [-0.2, 0) is 16.1 Å². The van der Waals surface area contributed by atoms with E-state index in [4.69, 9.17) is 0 Å². The zero-order chi connectivity index (χ0) is 23.8. The molecule has 2 aliphatic heterocycles. The molecule has 1 atom stereocenters. The molecule has 0 saturated carbocycles. The van der Waals surface area contributed by atoms with Gasteiger partial charge >= 0.3 is 0 Å². The summed E-state index contributed by atoms with van der Waals surface area (Å²) < 4.78 is 13.2. The molecule has 0 aliphatic carbocycles. The van der Waals surface area contributed by atoms with Gasteiger partial charge in [-0.1, -0.05) is 12.8 Å². The second-order valence-corrected chi connectivity index (χ2v) is 9.14. The van der Waals surface area contributed by atoms with Crippen LogP contribution in [0.25, 0.3) is 0 Å². The van der Waals surface area contributed by atoms with E-state index in [1.165, 1.54) is 17.7 Å². The molecule has 1 aromatic carbocycles. The molecule has 4 rings (SSSR count). The molecule has 2 amide bonds. The van der Waals surface area contributed by atoms with Gasteiger partial charge in [0, 0.05) is 63.8 Å². The van der Waals surface area contributed by atoms with Crippen molar-refractivity contribution in [2.24, 2.45) is 0 Å². The first-order valence-corrected chi connectivity index (χ1v) is 12.3. The molecule has 2 saturated heterocycles. The van der Waals surface area contributed by atoms with Crippen molar-refractivity contribution in [3.8, 4) is 0 Å². The van der Waals surface area contributed by atoms with E-state index in [-0.39, 0.29) is 17.6 Å². The van der Waals surface area contributed by atoms with Crippen LogP contribution in [0.15, 0.2) is 48.8 Å². The first-order valence-electron chi connectivity index (χ1n) is 12.3. The molecule has 0 radical (unpaired) electrons. The number of anilines is 1. The van der Waals surface area contributed by atoms with Crippen molar-refractivity contribution in [2.45, 2.75) is 44.7 Å². The van der Waals surface area contributed by atoms with Gasteiger partial charge in [-0.15, -0.1) is 0 Å². The van der Waals surface area contributed by atoms with Crippen LogP contribution in [0.5, 0.6) is 0 Å². The second kappa shape index (κ2) is 11.9. The van der Waals surface area contributed by atoms with Crippen molar-refractivity contribution in [3.63, 3.8) is 0 Å². The molecular weight excluding hydrogens is 433 g/mol. The quantitative estimate of drug-likeness (QED) is 0.749. The molecule has 7 nitrogen and oxygen atoms in total. The van der Waals surface area contributed by atoms with E-state index in [9.17, 15) is 14.0 Å². The average molecular weight is 468 g/mol. The Morgan fingerprint density at radius 1 is 0.941 bits per heavy atom. The average Bonchev–Trinajstić information content (AvgIpc) is 2.90. The minimum Gasteiger partial charge on any atom is -0.368 e. The number of hydrogen-bond donors (Lipinski definition) is 1. The number of pyridine rings is 1. The number of nitrogens with one attached hydrogen (secondary N) is 1. The third kappa shape index (κ3) is 6.76. The van der Waals surface area contributed by atoms with Gasteiger partial charge in [0.15, 0.2) is 0 Å². The number of aromatic nitrogens is 1. The summed E-state index contributed by atoms with van der Waals surface area (Å²) in [6.45, 7) is 5.01. The third-order valence-corrected chi connectivity index (χ3v) is 6.69. The number of halogens is 1. The standard InChI is InChI=1S/C26H34FN5O2/c27-22-5-7-23(8-6-22)31-16-18-32(19-17-31)26(34)24-4-2-1-3-14-30(15-11-25(33)29-24)20-21-9-12-28-13-10-21/h5-10,12-13,24H,1-4,11,14-20H2,(H,29,33). The summed E-state index contributed by atoms with van der Waals surface area (Å²) in [5.41, 5.74) is 2.16. The summed E-state index contributed by atoms with van der Waals surface area (Å²) in [7, 11) is 0. The SMILES string of the molecule is O=C1CCN(Cc2ccncc2)CCCCCC(C(=O)N2CCN(c3ccc(F)cc3)CC2)N1. The monoisotopic (exact) mass is 467 g/mol. The van der Waals surface area contributed by atoms with Crippen LogP contribution in [0.3, 0.4) is 0 Å². The maximum Gasteiger partial charge on any atom is 0.245 e. The molecule has 182 valence electrons. The van der Waals surface area contributed by atoms with E-state index in [1.807, 2.05) is 17.0 Å². The maximum atomic E-state index is 13.3. The van der Waals surface area contributed by atoms with E-state index >= 15 is 0 Å². The summed E-state index contributed by atoms with van der Waals surface area (Å²) in [5, 5.41) is 3.02. The largest absolute Gasteiger partial charge is 0.368 e. The first kappa shape index (κ1) is 24.1. The van der Waals surface area contributed by atoms with E-state index < -0.39 is 6.04 Å². The smallest absolute Gasteiger partial charge is 0.245 e. The Morgan fingerprint density at radius 3 is 2.41 bits per heavy atom. The Labute approximate surface area is 200 Å². The Hall–Kier alpha value is -3.00. The number of hydrogen-bond acceptors (Lipinski definition) is 5. The molecular formula is C26H34FN5O2. The fraction of sp³-hybridized carbons (Fsp3) is 0.500. The number of benzene rings is 1. The number of nitrogens with zero attached hydrogens (tertiary/aromatic N) is 4. The Balaban J connectivity index is 1.30. The predicted octanol–water partition coefficient (Wildman–Crippen LogP) is 2.82. The highest BCUT2D eigenvalue weighted by Crippen LogP contribution is 2.18. The van der Waals surface area contributed by atoms with Crippen molar-refractivity contribution < 1.29 is 14.0 Å². The van der Waals surface area contributed by atoms with Crippen molar-refractivity contribution in [2.75, 3.05) is 44.2 Å². The summed E-state index contributed by atoms with van der Waals surface area (Å²) in [6, 6.07) is 10.0. The van der Waals surface area contributed by atoms with Gasteiger partial charge in [-0.3, -0.25) is 19.5 Å². The zero-order valence-electron chi connectivity index (χ0n) is 19.7. The molecule has 0 bridgehead atoms. The third-order valence-electron chi connectivity index (χ3n) is 6.69. The first-order chi connectivity index (χ1) is 16.6. The molecule has 0 spiro atoms. The highest BCUT2D eigenvalue weighted by Gasteiger charge is 2.29. The zero-order valence-corrected chi connectivity index (χ0v) is 19.7. The van der Waals surface area contributed by atoms with Crippen LogP contribution in [0.2, 0.25) is 0 Å². The van der Waals surface area contributed by atoms with Gasteiger partial charge < -0.3 is 15.1 Å². The van der Waals surface area contributed by atoms with Crippen molar-refractivity contribution in [3.05, 3.63) is 60.2 Å². The summed E-state index contributed by atoms with van der Waals surface area (Å²) in [6.07, 6.45) is 7.64. The van der Waals surface area contributed by atoms with Crippen LogP contribution in [0.1, 0.15) is 37.7 Å². The molecule has 2 aliphatic rings. The van der Waals surface area contributed by atoms with Gasteiger partial charge in [0.2, 0.25) is 11.8 Å². The van der Waals surface area contributed by atoms with Crippen LogP contribution < -0.4 is 10.2 Å². The van der Waals surface area contributed by atoms with Crippen LogP contribution >= 0.6 is 0 Å². The van der Waals surface area contributed by atoms with Gasteiger partial charge in [-0.05, 0) is 61.3 Å². The fourth-order valence-electron chi connectivity index (χ4n) is 4.72. The molecule has 2 aromatic rings. The Kier molecular flexibility index (Phi) is 8.46. The van der Waals surface area contributed by atoms with Gasteiger partial charge in [-0.25, -0.2) is 4.39 Å². The van der Waals surface area contributed by atoms with E-state index in [0.29, 0.717) is 45.6 Å². The second-order valence-electron chi connectivity index (χ2n) is 9.14. The van der Waals surface area contributed by atoms with Gasteiger partial charge in [-0.2, -0.15) is 0 Å². The normalized spacial score (nSPS) is 21.0. The highest BCUT2D eigenvalue weighted by atomic mass is 19.1. The maximum absolute atomic E-state index is 13.3. The molecule has 2 fully saturated rings. The summed E-state index contributed by atoms with van der Waals surface area (Å²) in [4.78, 5) is 36.4. The predicted molar refractivity (Wildman–Crippen MR) is 130 cm³/mol. The van der Waals surface area contributed by atoms with E-state index in [1.54, 1.807) is 24.5 Å². The lowest BCUT2D eigenvalue weighted by molar-refractivity contribution is -0.137. The van der Waals surface area contributed by atoms with E-state index in [0.717, 1.165) is 38.0 Å². The number of piperazine rings is 1. The van der Waals surface area contributed by atoms with Gasteiger partial charge in [0.25, 0.3) is 0 Å². The molecule has 34 heavy (non-hydrogen) atoms. The Bertz CT molecular complexity index is 932. The molecule has 1 aromatic heterocycles. The topological polar surface area (TPSA) is 68.8 Å². The number of rotatable bonds is 4. The van der Waals surface area contributed by atoms with Crippen molar-refractivity contribution >= 4 is 17.5 Å². The lowest BCUT2D eigenvalue weighted by Gasteiger charge is -2.37. The van der Waals surface area contributed by atoms with Crippen molar-refractivity contribution in [1.29, 1.82) is 0 Å². The minimum atomic E-state index is -0.461. The molecule has 1 N–H and O–H groups in total. The molecule has 8 heteroatoms. The van der Waals surface area contributed by atoms with Gasteiger partial charge in [0.05, 0.1) is 0 Å². The highest BCUT2D eigenvalue weighted by molar-refractivity contribution is 5.87. The fourth-order valence-corrected chi connectivity index (χ4v) is 4.72. The number of carbonyl (C=O) groups excluding carboxylic acids is 2. The summed E-state index contributed by atoms with van der Waals surface area (Å²) >= 11 is 0. The summed E-state index contributed by atoms with van der Waals surface area (Å²) in [5.74, 6) is -0.300. The van der Waals surface area contributed by atoms with Crippen LogP contribution in [-0.4, -0.2) is 71.9 Å². The molecule has 1 unspecified atom stereocenters. The lowest BCUT2D eigenvalue weighted by atomic mass is 10.1. The number of amides is 2. The van der Waals surface area contributed by atoms with Gasteiger partial charge in [0.1, 0.15) is 11.9 Å². The number of carbonyl (C=O) groups is 2. The van der Waals surface area contributed by atoms with Crippen LogP contribution in [0, 0.1) is 5.82 Å². The minimum absolute atomic E-state index is 0.0139. The lowest BCUT2D eigenvalue weighted by Crippen LogP contribution is -2.55. The van der Waals surface area contributed by atoms with Crippen LogP contribution in [0.4, 0.5) is 10.1 Å².